The highest BCUT2D eigenvalue weighted by molar-refractivity contribution is 6.05. The average molecular weight is 390 g/mol. The van der Waals surface area contributed by atoms with Crippen molar-refractivity contribution in [3.8, 4) is 5.75 Å². The minimum atomic E-state index is -0.154. The summed E-state index contributed by atoms with van der Waals surface area (Å²) in [7, 11) is 0. The van der Waals surface area contributed by atoms with Gasteiger partial charge in [-0.3, -0.25) is 4.79 Å². The minimum Gasteiger partial charge on any atom is -0.494 e. The maximum Gasteiger partial charge on any atom is 0.277 e. The van der Waals surface area contributed by atoms with Crippen molar-refractivity contribution >= 4 is 23.2 Å². The molecule has 3 rings (SSSR count). The third-order valence-electron chi connectivity index (χ3n) is 4.37. The summed E-state index contributed by atoms with van der Waals surface area (Å²) >= 11 is 0. The first kappa shape index (κ1) is 20.3. The van der Waals surface area contributed by atoms with E-state index in [0.29, 0.717) is 24.8 Å². The number of ether oxygens (including phenoxy) is 1. The molecule has 0 bridgehead atoms. The van der Waals surface area contributed by atoms with E-state index >= 15 is 0 Å². The Morgan fingerprint density at radius 3 is 2.45 bits per heavy atom. The molecule has 0 aliphatic heterocycles. The van der Waals surface area contributed by atoms with Gasteiger partial charge in [0.25, 0.3) is 5.91 Å². The molecule has 0 atom stereocenters. The number of carbonyl (C=O) groups excluding carboxylic acids is 1. The van der Waals surface area contributed by atoms with E-state index < -0.39 is 0 Å². The Bertz CT molecular complexity index is 986. The molecule has 6 nitrogen and oxygen atoms in total. The molecule has 0 saturated carbocycles. The van der Waals surface area contributed by atoms with E-state index in [1.54, 1.807) is 11.0 Å². The molecule has 0 aliphatic carbocycles. The quantitative estimate of drug-likeness (QED) is 0.621. The average Bonchev–Trinajstić information content (AvgIpc) is 2.70. The lowest BCUT2D eigenvalue weighted by molar-refractivity contribution is 0.0983. The fraction of sp³-hybridized carbons (Fsp3) is 0.261. The van der Waals surface area contributed by atoms with Crippen molar-refractivity contribution in [1.29, 1.82) is 0 Å². The van der Waals surface area contributed by atoms with Gasteiger partial charge in [0.05, 0.1) is 6.61 Å². The number of anilines is 3. The van der Waals surface area contributed by atoms with E-state index in [1.165, 1.54) is 0 Å². The molecular formula is C23H26N4O2. The summed E-state index contributed by atoms with van der Waals surface area (Å²) in [6.07, 6.45) is 0. The molecule has 3 aromatic rings. The lowest BCUT2D eigenvalue weighted by Gasteiger charge is -2.21. The van der Waals surface area contributed by atoms with Gasteiger partial charge in [-0.1, -0.05) is 12.1 Å². The summed E-state index contributed by atoms with van der Waals surface area (Å²) in [6, 6.07) is 17.1. The smallest absolute Gasteiger partial charge is 0.277 e. The van der Waals surface area contributed by atoms with Crippen LogP contribution in [0.25, 0.3) is 0 Å². The number of aromatic nitrogens is 2. The first-order valence-corrected chi connectivity index (χ1v) is 9.74. The van der Waals surface area contributed by atoms with Gasteiger partial charge in [0, 0.05) is 23.6 Å². The normalized spacial score (nSPS) is 10.5. The van der Waals surface area contributed by atoms with Crippen molar-refractivity contribution < 1.29 is 9.53 Å². The molecular weight excluding hydrogens is 364 g/mol. The van der Waals surface area contributed by atoms with Crippen molar-refractivity contribution in [2.24, 2.45) is 0 Å². The van der Waals surface area contributed by atoms with Gasteiger partial charge in [0.2, 0.25) is 5.95 Å². The third-order valence-corrected chi connectivity index (χ3v) is 4.37. The number of benzene rings is 2. The van der Waals surface area contributed by atoms with Crippen LogP contribution >= 0.6 is 0 Å². The van der Waals surface area contributed by atoms with Gasteiger partial charge >= 0.3 is 0 Å². The molecule has 6 heteroatoms. The van der Waals surface area contributed by atoms with E-state index in [4.69, 9.17) is 4.74 Å². The minimum absolute atomic E-state index is 0.154. The Kier molecular flexibility index (Phi) is 6.44. The van der Waals surface area contributed by atoms with Gasteiger partial charge in [-0.05, 0) is 75.7 Å². The Balaban J connectivity index is 1.84. The van der Waals surface area contributed by atoms with Crippen LogP contribution in [0.2, 0.25) is 0 Å². The first-order valence-electron chi connectivity index (χ1n) is 9.74. The molecule has 0 radical (unpaired) electrons. The number of nitrogens with zero attached hydrogens (tertiary/aromatic N) is 3. The summed E-state index contributed by atoms with van der Waals surface area (Å²) in [6.45, 7) is 8.93. The lowest BCUT2D eigenvalue weighted by atomic mass is 10.2. The first-order chi connectivity index (χ1) is 14.0. The summed E-state index contributed by atoms with van der Waals surface area (Å²) < 4.78 is 5.46. The number of hydrogen-bond donors (Lipinski definition) is 1. The zero-order chi connectivity index (χ0) is 20.8. The number of carbonyl (C=O) groups is 1. The second-order valence-electron chi connectivity index (χ2n) is 6.69. The lowest BCUT2D eigenvalue weighted by Crippen LogP contribution is -2.31. The third kappa shape index (κ3) is 5.10. The van der Waals surface area contributed by atoms with Gasteiger partial charge < -0.3 is 15.0 Å². The molecule has 1 aromatic heterocycles. The molecule has 150 valence electrons. The van der Waals surface area contributed by atoms with Crippen LogP contribution < -0.4 is 15.0 Å². The zero-order valence-corrected chi connectivity index (χ0v) is 17.3. The van der Waals surface area contributed by atoms with Gasteiger partial charge in [-0.15, -0.1) is 0 Å². The van der Waals surface area contributed by atoms with Crippen molar-refractivity contribution in [2.45, 2.75) is 27.7 Å². The summed E-state index contributed by atoms with van der Waals surface area (Å²) in [5.41, 5.74) is 3.86. The summed E-state index contributed by atoms with van der Waals surface area (Å²) in [5, 5.41) is 3.17. The van der Waals surface area contributed by atoms with Gasteiger partial charge in [-0.2, -0.15) is 0 Å². The van der Waals surface area contributed by atoms with Gasteiger partial charge in [0.1, 0.15) is 11.4 Å². The van der Waals surface area contributed by atoms with E-state index in [1.807, 2.05) is 76.2 Å². The molecule has 0 saturated heterocycles. The molecule has 0 aliphatic rings. The van der Waals surface area contributed by atoms with Crippen LogP contribution in [0.5, 0.6) is 5.75 Å². The molecule has 0 unspecified atom stereocenters. The van der Waals surface area contributed by atoms with E-state index in [9.17, 15) is 4.79 Å². The van der Waals surface area contributed by atoms with Crippen LogP contribution in [0.15, 0.2) is 54.6 Å². The van der Waals surface area contributed by atoms with Crippen LogP contribution in [0.3, 0.4) is 0 Å². The number of aryl methyl sites for hydroxylation is 2. The Labute approximate surface area is 171 Å². The Morgan fingerprint density at radius 1 is 1.03 bits per heavy atom. The topological polar surface area (TPSA) is 67.3 Å². The predicted octanol–water partition coefficient (Wildman–Crippen LogP) is 4.90. The van der Waals surface area contributed by atoms with Crippen LogP contribution in [-0.2, 0) is 0 Å². The number of amides is 1. The number of hydrogen-bond acceptors (Lipinski definition) is 5. The molecule has 2 aromatic carbocycles. The molecule has 1 amide bonds. The SMILES string of the molecule is CCOc1ccc(Nc2nc(C)cc(C(=O)N(CC)c3cccc(C)c3)n2)cc1. The fourth-order valence-corrected chi connectivity index (χ4v) is 3.04. The van der Waals surface area contributed by atoms with E-state index in [0.717, 1.165) is 28.4 Å². The van der Waals surface area contributed by atoms with E-state index in [2.05, 4.69) is 15.3 Å². The highest BCUT2D eigenvalue weighted by atomic mass is 16.5. The van der Waals surface area contributed by atoms with Crippen molar-refractivity contribution in [3.63, 3.8) is 0 Å². The Hall–Kier alpha value is -3.41. The van der Waals surface area contributed by atoms with Crippen LogP contribution in [0.1, 0.15) is 35.6 Å². The fourth-order valence-electron chi connectivity index (χ4n) is 3.04. The molecule has 1 heterocycles. The molecule has 29 heavy (non-hydrogen) atoms. The number of rotatable bonds is 7. The Morgan fingerprint density at radius 2 is 1.79 bits per heavy atom. The second kappa shape index (κ2) is 9.19. The molecule has 1 N–H and O–H groups in total. The van der Waals surface area contributed by atoms with Crippen molar-refractivity contribution in [3.05, 3.63) is 71.5 Å². The standard InChI is InChI=1S/C23H26N4O2/c1-5-27(19-9-7-8-16(3)14-19)22(28)21-15-17(4)24-23(26-21)25-18-10-12-20(13-11-18)29-6-2/h7-15H,5-6H2,1-4H3,(H,24,25,26). The summed E-state index contributed by atoms with van der Waals surface area (Å²) in [4.78, 5) is 23.7. The van der Waals surface area contributed by atoms with E-state index in [-0.39, 0.29) is 5.91 Å². The predicted molar refractivity (Wildman–Crippen MR) is 116 cm³/mol. The van der Waals surface area contributed by atoms with Crippen LogP contribution in [0.4, 0.5) is 17.3 Å². The van der Waals surface area contributed by atoms with Gasteiger partial charge in [0.15, 0.2) is 0 Å². The van der Waals surface area contributed by atoms with Crippen LogP contribution in [-0.4, -0.2) is 29.0 Å². The molecule has 0 fully saturated rings. The maximum atomic E-state index is 13.2. The van der Waals surface area contributed by atoms with Crippen molar-refractivity contribution in [2.75, 3.05) is 23.4 Å². The second-order valence-corrected chi connectivity index (χ2v) is 6.69. The number of nitrogens with one attached hydrogen (secondary N) is 1. The van der Waals surface area contributed by atoms with Crippen molar-refractivity contribution in [1.82, 2.24) is 9.97 Å². The maximum absolute atomic E-state index is 13.2. The largest absolute Gasteiger partial charge is 0.494 e. The molecule has 0 spiro atoms. The monoisotopic (exact) mass is 390 g/mol. The van der Waals surface area contributed by atoms with Crippen LogP contribution in [0, 0.1) is 13.8 Å². The van der Waals surface area contributed by atoms with Gasteiger partial charge in [-0.25, -0.2) is 9.97 Å². The zero-order valence-electron chi connectivity index (χ0n) is 17.3. The highest BCUT2D eigenvalue weighted by Crippen LogP contribution is 2.21. The highest BCUT2D eigenvalue weighted by Gasteiger charge is 2.19. The summed E-state index contributed by atoms with van der Waals surface area (Å²) in [5.74, 6) is 1.03.